The lowest BCUT2D eigenvalue weighted by Gasteiger charge is -2.10. The molecule has 1 heterocycles. The van der Waals surface area contributed by atoms with Gasteiger partial charge >= 0.3 is 5.97 Å². The fourth-order valence-corrected chi connectivity index (χ4v) is 4.49. The maximum Gasteiger partial charge on any atom is 0.335 e. The number of halogens is 1. The molecule has 182 valence electrons. The van der Waals surface area contributed by atoms with E-state index < -0.39 is 5.97 Å². The van der Waals surface area contributed by atoms with Crippen LogP contribution in [0, 0.1) is 3.57 Å². The molecule has 7 nitrogen and oxygen atoms in total. The maximum atomic E-state index is 13.3. The molecule has 0 aliphatic rings. The molecule has 0 fully saturated rings. The third kappa shape index (κ3) is 5.44. The van der Waals surface area contributed by atoms with Crippen molar-refractivity contribution < 1.29 is 14.6 Å². The second-order valence-electron chi connectivity index (χ2n) is 8.16. The molecule has 0 unspecified atom stereocenters. The van der Waals surface area contributed by atoms with Crippen molar-refractivity contribution in [3.63, 3.8) is 0 Å². The molecule has 0 radical (unpaired) electrons. The highest BCUT2D eigenvalue weighted by Crippen LogP contribution is 2.23. The Hall–Kier alpha value is -4.31. The van der Waals surface area contributed by atoms with Gasteiger partial charge in [0.25, 0.3) is 5.56 Å². The summed E-state index contributed by atoms with van der Waals surface area (Å²) >= 11 is 2.17. The van der Waals surface area contributed by atoms with Gasteiger partial charge in [-0.15, -0.1) is 0 Å². The van der Waals surface area contributed by atoms with E-state index in [0.29, 0.717) is 22.5 Å². The van der Waals surface area contributed by atoms with Crippen molar-refractivity contribution in [1.82, 2.24) is 9.66 Å². The van der Waals surface area contributed by atoms with Crippen molar-refractivity contribution in [1.29, 1.82) is 0 Å². The molecule has 37 heavy (non-hydrogen) atoms. The fourth-order valence-electron chi connectivity index (χ4n) is 3.80. The first kappa shape index (κ1) is 24.4. The van der Waals surface area contributed by atoms with E-state index in [1.165, 1.54) is 4.68 Å². The van der Waals surface area contributed by atoms with Crippen molar-refractivity contribution in [2.24, 2.45) is 5.10 Å². The summed E-state index contributed by atoms with van der Waals surface area (Å²) < 4.78 is 8.08. The van der Waals surface area contributed by atoms with Crippen LogP contribution in [-0.2, 0) is 6.61 Å². The molecule has 0 saturated heterocycles. The van der Waals surface area contributed by atoms with E-state index in [4.69, 9.17) is 9.72 Å². The van der Waals surface area contributed by atoms with Crippen molar-refractivity contribution in [2.75, 3.05) is 0 Å². The fraction of sp³-hybridized carbons (Fsp3) is 0.0345. The van der Waals surface area contributed by atoms with Crippen LogP contribution in [0.25, 0.3) is 22.3 Å². The Labute approximate surface area is 225 Å². The Morgan fingerprint density at radius 1 is 0.973 bits per heavy atom. The number of aromatic carboxylic acids is 1. The largest absolute Gasteiger partial charge is 0.488 e. The first-order valence-corrected chi connectivity index (χ1v) is 12.4. The Bertz CT molecular complexity index is 1700. The van der Waals surface area contributed by atoms with Crippen LogP contribution in [0.1, 0.15) is 21.5 Å². The third-order valence-corrected chi connectivity index (χ3v) is 6.48. The molecule has 0 aliphatic carbocycles. The summed E-state index contributed by atoms with van der Waals surface area (Å²) in [5.74, 6) is 0.142. The maximum absolute atomic E-state index is 13.3. The quantitative estimate of drug-likeness (QED) is 0.187. The van der Waals surface area contributed by atoms with Crippen LogP contribution in [0.3, 0.4) is 0 Å². The van der Waals surface area contributed by atoms with Crippen LogP contribution in [0.15, 0.2) is 107 Å². The van der Waals surface area contributed by atoms with Gasteiger partial charge in [0, 0.05) is 5.56 Å². The summed E-state index contributed by atoms with van der Waals surface area (Å²) in [5.41, 5.74) is 2.91. The van der Waals surface area contributed by atoms with E-state index in [1.807, 2.05) is 66.7 Å². The number of hydrogen-bond acceptors (Lipinski definition) is 5. The predicted octanol–water partition coefficient (Wildman–Crippen LogP) is 5.83. The van der Waals surface area contributed by atoms with E-state index in [-0.39, 0.29) is 17.7 Å². The molecular weight excluding hydrogens is 581 g/mol. The number of nitrogens with zero attached hydrogens (tertiary/aromatic N) is 3. The van der Waals surface area contributed by atoms with Gasteiger partial charge in [0.1, 0.15) is 12.4 Å². The second kappa shape index (κ2) is 10.8. The van der Waals surface area contributed by atoms with Gasteiger partial charge in [-0.05, 0) is 76.2 Å². The number of carboxylic acids is 1. The molecule has 5 rings (SSSR count). The summed E-state index contributed by atoms with van der Waals surface area (Å²) in [4.78, 5) is 29.2. The summed E-state index contributed by atoms with van der Waals surface area (Å²) in [6, 6.07) is 28.9. The van der Waals surface area contributed by atoms with Crippen LogP contribution < -0.4 is 10.3 Å². The summed E-state index contributed by atoms with van der Waals surface area (Å²) in [6.45, 7) is 0.239. The van der Waals surface area contributed by atoms with Crippen LogP contribution >= 0.6 is 22.6 Å². The SMILES string of the molecule is O=C(O)c1cccc(COc2ccc(C=Nn3c(-c4ccccc4)nc4ccccc4c3=O)cc2I)c1. The average molecular weight is 601 g/mol. The van der Waals surface area contributed by atoms with Gasteiger partial charge in [-0.3, -0.25) is 4.79 Å². The Morgan fingerprint density at radius 2 is 1.76 bits per heavy atom. The standard InChI is InChI=1S/C29H20IN3O4/c30-24-16-19(13-14-26(24)37-18-20-7-6-10-22(15-20)29(35)36)17-31-33-27(21-8-2-1-3-9-21)32-25-12-5-4-11-23(25)28(33)34/h1-17H,18H2,(H,35,36). The number of benzene rings is 4. The van der Waals surface area contributed by atoms with Crippen molar-refractivity contribution in [3.8, 4) is 17.1 Å². The van der Waals surface area contributed by atoms with E-state index in [9.17, 15) is 14.7 Å². The first-order valence-electron chi connectivity index (χ1n) is 11.4. The summed E-state index contributed by atoms with van der Waals surface area (Å²) in [5, 5.41) is 14.2. The smallest absolute Gasteiger partial charge is 0.335 e. The lowest BCUT2D eigenvalue weighted by Crippen LogP contribution is -2.20. The van der Waals surface area contributed by atoms with Crippen molar-refractivity contribution in [3.05, 3.63) is 128 Å². The number of fused-ring (bicyclic) bond motifs is 1. The van der Waals surface area contributed by atoms with Crippen LogP contribution in [0.4, 0.5) is 0 Å². The van der Waals surface area contributed by atoms with Gasteiger partial charge in [0.2, 0.25) is 0 Å². The molecule has 1 N–H and O–H groups in total. The zero-order valence-corrected chi connectivity index (χ0v) is 21.6. The van der Waals surface area contributed by atoms with Gasteiger partial charge in [-0.1, -0.05) is 54.6 Å². The second-order valence-corrected chi connectivity index (χ2v) is 9.33. The third-order valence-electron chi connectivity index (χ3n) is 5.63. The van der Waals surface area contributed by atoms with Crippen molar-refractivity contribution in [2.45, 2.75) is 6.61 Å². The number of carboxylic acid groups (broad SMARTS) is 1. The first-order chi connectivity index (χ1) is 18.0. The molecule has 5 aromatic rings. The monoisotopic (exact) mass is 601 g/mol. The predicted molar refractivity (Wildman–Crippen MR) is 151 cm³/mol. The minimum atomic E-state index is -0.976. The lowest BCUT2D eigenvalue weighted by molar-refractivity contribution is 0.0696. The Morgan fingerprint density at radius 3 is 2.54 bits per heavy atom. The molecule has 0 aliphatic heterocycles. The van der Waals surface area contributed by atoms with Crippen LogP contribution in [0.2, 0.25) is 0 Å². The molecule has 0 bridgehead atoms. The number of ether oxygens (including phenoxy) is 1. The highest BCUT2D eigenvalue weighted by atomic mass is 127. The molecular formula is C29H20IN3O4. The van der Waals surface area contributed by atoms with Gasteiger partial charge in [0.05, 0.1) is 26.3 Å². The van der Waals surface area contributed by atoms with Gasteiger partial charge < -0.3 is 9.84 Å². The minimum absolute atomic E-state index is 0.218. The highest BCUT2D eigenvalue weighted by molar-refractivity contribution is 14.1. The van der Waals surface area contributed by atoms with E-state index >= 15 is 0 Å². The molecule has 0 atom stereocenters. The molecule has 8 heteroatoms. The molecule has 0 amide bonds. The summed E-state index contributed by atoms with van der Waals surface area (Å²) in [7, 11) is 0. The minimum Gasteiger partial charge on any atom is -0.488 e. The normalized spacial score (nSPS) is 11.2. The number of carbonyl (C=O) groups is 1. The van der Waals surface area contributed by atoms with Gasteiger partial charge in [0.15, 0.2) is 5.82 Å². The zero-order valence-electron chi connectivity index (χ0n) is 19.4. The van der Waals surface area contributed by atoms with Gasteiger partial charge in [-0.2, -0.15) is 9.78 Å². The molecule has 1 aromatic heterocycles. The highest BCUT2D eigenvalue weighted by Gasteiger charge is 2.12. The number of para-hydroxylation sites is 1. The van der Waals surface area contributed by atoms with Crippen LogP contribution in [0.5, 0.6) is 5.75 Å². The van der Waals surface area contributed by atoms with E-state index in [2.05, 4.69) is 27.7 Å². The Kier molecular flexibility index (Phi) is 7.09. The average Bonchev–Trinajstić information content (AvgIpc) is 2.92. The Balaban J connectivity index is 1.43. The number of hydrogen-bond donors (Lipinski definition) is 1. The summed E-state index contributed by atoms with van der Waals surface area (Å²) in [6.07, 6.45) is 1.62. The number of aromatic nitrogens is 2. The van der Waals surface area contributed by atoms with E-state index in [1.54, 1.807) is 36.5 Å². The lowest BCUT2D eigenvalue weighted by atomic mass is 10.1. The van der Waals surface area contributed by atoms with Crippen LogP contribution in [-0.4, -0.2) is 27.0 Å². The topological polar surface area (TPSA) is 93.8 Å². The van der Waals surface area contributed by atoms with Crippen molar-refractivity contribution >= 4 is 45.7 Å². The molecule has 4 aromatic carbocycles. The van der Waals surface area contributed by atoms with E-state index in [0.717, 1.165) is 20.3 Å². The number of rotatable bonds is 7. The van der Waals surface area contributed by atoms with Gasteiger partial charge in [-0.25, -0.2) is 9.78 Å². The molecule has 0 spiro atoms. The molecule has 0 saturated carbocycles. The zero-order chi connectivity index (χ0) is 25.8.